The predicted octanol–water partition coefficient (Wildman–Crippen LogP) is 0.278. The van der Waals surface area contributed by atoms with Crippen LogP contribution in [0.1, 0.15) is 25.7 Å². The maximum atomic E-state index is 11.1. The number of piperidine rings is 2. The molecule has 0 aromatic rings. The Labute approximate surface area is 97.8 Å². The first kappa shape index (κ1) is 11.9. The second-order valence-corrected chi connectivity index (χ2v) is 5.25. The molecule has 0 spiro atoms. The Morgan fingerprint density at radius 1 is 1.06 bits per heavy atom. The Balaban J connectivity index is 1.78. The molecular weight excluding hydrogens is 202 g/mol. The van der Waals surface area contributed by atoms with Crippen molar-refractivity contribution < 1.29 is 4.79 Å². The lowest BCUT2D eigenvalue weighted by Crippen LogP contribution is -2.48. The molecule has 0 atom stereocenters. The van der Waals surface area contributed by atoms with Crippen LogP contribution in [-0.2, 0) is 4.79 Å². The van der Waals surface area contributed by atoms with Crippen molar-refractivity contribution in [2.24, 2.45) is 11.7 Å². The number of amides is 1. The molecule has 0 saturated carbocycles. The Bertz CT molecular complexity index is 241. The summed E-state index contributed by atoms with van der Waals surface area (Å²) in [7, 11) is 2.19. The number of rotatable bonds is 2. The SMILES string of the molecule is CN1CCC(N2CCC(C(N)=O)CC2)CC1. The number of carbonyl (C=O) groups excluding carboxylic acids is 1. The van der Waals surface area contributed by atoms with E-state index in [0.29, 0.717) is 0 Å². The summed E-state index contributed by atoms with van der Waals surface area (Å²) >= 11 is 0. The fraction of sp³-hybridized carbons (Fsp3) is 0.917. The van der Waals surface area contributed by atoms with E-state index in [9.17, 15) is 4.79 Å². The van der Waals surface area contributed by atoms with Crippen molar-refractivity contribution in [3.63, 3.8) is 0 Å². The third-order valence-electron chi connectivity index (χ3n) is 4.14. The van der Waals surface area contributed by atoms with Gasteiger partial charge in [0.05, 0.1) is 0 Å². The molecular formula is C12H23N3O. The summed E-state index contributed by atoms with van der Waals surface area (Å²) in [6.45, 7) is 4.53. The van der Waals surface area contributed by atoms with Gasteiger partial charge in [-0.3, -0.25) is 4.79 Å². The molecule has 0 unspecified atom stereocenters. The first-order valence-corrected chi connectivity index (χ1v) is 6.38. The average Bonchev–Trinajstić information content (AvgIpc) is 2.30. The van der Waals surface area contributed by atoms with E-state index in [1.54, 1.807) is 0 Å². The van der Waals surface area contributed by atoms with E-state index in [4.69, 9.17) is 5.73 Å². The monoisotopic (exact) mass is 225 g/mol. The standard InChI is InChI=1S/C12H23N3O/c1-14-6-4-11(5-7-14)15-8-2-10(3-9-15)12(13)16/h10-11H,2-9H2,1H3,(H2,13,16). The zero-order valence-corrected chi connectivity index (χ0v) is 10.2. The molecule has 2 aliphatic heterocycles. The van der Waals surface area contributed by atoms with Gasteiger partial charge in [0, 0.05) is 12.0 Å². The van der Waals surface area contributed by atoms with Crippen LogP contribution in [0.15, 0.2) is 0 Å². The quantitative estimate of drug-likeness (QED) is 0.734. The molecule has 1 amide bonds. The van der Waals surface area contributed by atoms with E-state index >= 15 is 0 Å². The molecule has 92 valence electrons. The van der Waals surface area contributed by atoms with Crippen LogP contribution >= 0.6 is 0 Å². The molecule has 2 fully saturated rings. The molecule has 0 aromatic carbocycles. The van der Waals surface area contributed by atoms with Crippen LogP contribution in [0.4, 0.5) is 0 Å². The van der Waals surface area contributed by atoms with Crippen LogP contribution in [0.25, 0.3) is 0 Å². The van der Waals surface area contributed by atoms with Crippen molar-refractivity contribution in [3.8, 4) is 0 Å². The average molecular weight is 225 g/mol. The van der Waals surface area contributed by atoms with Crippen LogP contribution in [-0.4, -0.2) is 55.0 Å². The molecule has 2 rings (SSSR count). The van der Waals surface area contributed by atoms with Crippen LogP contribution in [0.5, 0.6) is 0 Å². The summed E-state index contributed by atoms with van der Waals surface area (Å²) < 4.78 is 0. The lowest BCUT2D eigenvalue weighted by molar-refractivity contribution is -0.123. The molecule has 0 radical (unpaired) electrons. The van der Waals surface area contributed by atoms with Crippen molar-refractivity contribution in [1.82, 2.24) is 9.80 Å². The zero-order valence-electron chi connectivity index (χ0n) is 10.2. The van der Waals surface area contributed by atoms with Gasteiger partial charge in [-0.05, 0) is 58.9 Å². The van der Waals surface area contributed by atoms with Gasteiger partial charge in [-0.2, -0.15) is 0 Å². The number of likely N-dealkylation sites (tertiary alicyclic amines) is 2. The van der Waals surface area contributed by atoms with Gasteiger partial charge in [-0.15, -0.1) is 0 Å². The number of carbonyl (C=O) groups is 1. The number of primary amides is 1. The van der Waals surface area contributed by atoms with Crippen LogP contribution in [0.2, 0.25) is 0 Å². The predicted molar refractivity (Wildman–Crippen MR) is 64.0 cm³/mol. The third-order valence-corrected chi connectivity index (χ3v) is 4.14. The second-order valence-electron chi connectivity index (χ2n) is 5.25. The molecule has 0 aromatic heterocycles. The van der Waals surface area contributed by atoms with E-state index < -0.39 is 0 Å². The molecule has 2 N–H and O–H groups in total. The zero-order chi connectivity index (χ0) is 11.5. The lowest BCUT2D eigenvalue weighted by Gasteiger charge is -2.40. The number of hydrogen-bond donors (Lipinski definition) is 1. The molecule has 0 aliphatic carbocycles. The van der Waals surface area contributed by atoms with Gasteiger partial charge in [-0.25, -0.2) is 0 Å². The third kappa shape index (κ3) is 2.74. The van der Waals surface area contributed by atoms with Gasteiger partial charge in [0.1, 0.15) is 0 Å². The highest BCUT2D eigenvalue weighted by molar-refractivity contribution is 5.76. The molecule has 4 nitrogen and oxygen atoms in total. The fourth-order valence-electron chi connectivity index (χ4n) is 2.91. The molecule has 4 heteroatoms. The second kappa shape index (κ2) is 5.15. The molecule has 0 bridgehead atoms. The molecule has 2 saturated heterocycles. The van der Waals surface area contributed by atoms with E-state index in [0.717, 1.165) is 32.0 Å². The minimum absolute atomic E-state index is 0.108. The summed E-state index contributed by atoms with van der Waals surface area (Å²) in [4.78, 5) is 16.0. The topological polar surface area (TPSA) is 49.6 Å². The Kier molecular flexibility index (Phi) is 3.82. The van der Waals surface area contributed by atoms with Gasteiger partial charge in [0.15, 0.2) is 0 Å². The smallest absolute Gasteiger partial charge is 0.220 e. The minimum atomic E-state index is -0.108. The summed E-state index contributed by atoms with van der Waals surface area (Å²) in [5, 5.41) is 0. The molecule has 16 heavy (non-hydrogen) atoms. The largest absolute Gasteiger partial charge is 0.369 e. The first-order valence-electron chi connectivity index (χ1n) is 6.38. The van der Waals surface area contributed by atoms with E-state index in [2.05, 4.69) is 16.8 Å². The lowest BCUT2D eigenvalue weighted by atomic mass is 9.93. The van der Waals surface area contributed by atoms with Crippen molar-refractivity contribution in [3.05, 3.63) is 0 Å². The summed E-state index contributed by atoms with van der Waals surface area (Å²) in [6, 6.07) is 0.741. The highest BCUT2D eigenvalue weighted by Gasteiger charge is 2.28. The number of hydrogen-bond acceptors (Lipinski definition) is 3. The molecule has 2 heterocycles. The fourth-order valence-corrected chi connectivity index (χ4v) is 2.91. The van der Waals surface area contributed by atoms with Gasteiger partial charge < -0.3 is 15.5 Å². The van der Waals surface area contributed by atoms with E-state index in [1.807, 2.05) is 0 Å². The van der Waals surface area contributed by atoms with Crippen molar-refractivity contribution in [1.29, 1.82) is 0 Å². The number of nitrogens with two attached hydrogens (primary N) is 1. The maximum absolute atomic E-state index is 11.1. The van der Waals surface area contributed by atoms with Crippen molar-refractivity contribution in [2.75, 3.05) is 33.2 Å². The summed E-state index contributed by atoms with van der Waals surface area (Å²) in [5.74, 6) is 0.0190. The maximum Gasteiger partial charge on any atom is 0.220 e. The Morgan fingerprint density at radius 3 is 2.12 bits per heavy atom. The summed E-state index contributed by atoms with van der Waals surface area (Å²) in [5.41, 5.74) is 5.35. The molecule has 2 aliphatic rings. The highest BCUT2D eigenvalue weighted by Crippen LogP contribution is 2.23. The van der Waals surface area contributed by atoms with Crippen molar-refractivity contribution in [2.45, 2.75) is 31.7 Å². The Morgan fingerprint density at radius 2 is 1.62 bits per heavy atom. The van der Waals surface area contributed by atoms with E-state index in [1.165, 1.54) is 25.9 Å². The van der Waals surface area contributed by atoms with Crippen LogP contribution < -0.4 is 5.73 Å². The minimum Gasteiger partial charge on any atom is -0.369 e. The van der Waals surface area contributed by atoms with Gasteiger partial charge >= 0.3 is 0 Å². The van der Waals surface area contributed by atoms with E-state index in [-0.39, 0.29) is 11.8 Å². The summed E-state index contributed by atoms with van der Waals surface area (Å²) in [6.07, 6.45) is 4.47. The van der Waals surface area contributed by atoms with Gasteiger partial charge in [0.2, 0.25) is 5.91 Å². The Hall–Kier alpha value is -0.610. The number of nitrogens with zero attached hydrogens (tertiary/aromatic N) is 2. The highest BCUT2D eigenvalue weighted by atomic mass is 16.1. The van der Waals surface area contributed by atoms with Crippen molar-refractivity contribution >= 4 is 5.91 Å². The van der Waals surface area contributed by atoms with Crippen LogP contribution in [0, 0.1) is 5.92 Å². The first-order chi connectivity index (χ1) is 7.66. The van der Waals surface area contributed by atoms with Gasteiger partial charge in [0.25, 0.3) is 0 Å². The van der Waals surface area contributed by atoms with Crippen LogP contribution in [0.3, 0.4) is 0 Å². The normalized spacial score (nSPS) is 27.1. The van der Waals surface area contributed by atoms with Gasteiger partial charge in [-0.1, -0.05) is 0 Å².